The Hall–Kier alpha value is -1.12. The quantitative estimate of drug-likeness (QED) is 0.350. The molecule has 1 aromatic carbocycles. The highest BCUT2D eigenvalue weighted by molar-refractivity contribution is 14.0. The summed E-state index contributed by atoms with van der Waals surface area (Å²) >= 11 is 0. The second-order valence-corrected chi connectivity index (χ2v) is 8.60. The van der Waals surface area contributed by atoms with Crippen LogP contribution in [0.4, 0.5) is 0 Å². The molecule has 168 valence electrons. The van der Waals surface area contributed by atoms with E-state index in [1.807, 2.05) is 0 Å². The van der Waals surface area contributed by atoms with E-state index in [0.29, 0.717) is 5.92 Å². The van der Waals surface area contributed by atoms with Crippen molar-refractivity contribution in [2.45, 2.75) is 26.7 Å². The number of rotatable bonds is 6. The van der Waals surface area contributed by atoms with Crippen molar-refractivity contribution in [1.82, 2.24) is 20.0 Å². The van der Waals surface area contributed by atoms with E-state index in [9.17, 15) is 0 Å². The zero-order chi connectivity index (χ0) is 20.5. The molecule has 1 N–H and O–H groups in total. The largest absolute Gasteiger partial charge is 0.357 e. The van der Waals surface area contributed by atoms with E-state index in [-0.39, 0.29) is 24.0 Å². The van der Waals surface area contributed by atoms with Crippen LogP contribution in [-0.4, -0.2) is 86.6 Å². The van der Waals surface area contributed by atoms with Gasteiger partial charge in [-0.1, -0.05) is 48.9 Å². The first-order valence-electron chi connectivity index (χ1n) is 11.3. The third-order valence-electron chi connectivity index (χ3n) is 5.93. The molecule has 1 atom stereocenters. The first kappa shape index (κ1) is 25.1. The van der Waals surface area contributed by atoms with Gasteiger partial charge in [0.15, 0.2) is 5.96 Å². The molecule has 0 bridgehead atoms. The number of likely N-dealkylation sites (N-methyl/N-ethyl adjacent to an activating group) is 1. The highest BCUT2D eigenvalue weighted by Crippen LogP contribution is 2.19. The Morgan fingerprint density at radius 1 is 1.07 bits per heavy atom. The number of piperazine rings is 1. The minimum atomic E-state index is 0. The number of guanidine groups is 1. The summed E-state index contributed by atoms with van der Waals surface area (Å²) in [6, 6.07) is 10.7. The van der Waals surface area contributed by atoms with Crippen molar-refractivity contribution in [3.05, 3.63) is 41.5 Å². The van der Waals surface area contributed by atoms with E-state index in [0.717, 1.165) is 51.5 Å². The van der Waals surface area contributed by atoms with E-state index in [1.165, 1.54) is 31.7 Å². The van der Waals surface area contributed by atoms with Crippen LogP contribution in [-0.2, 0) is 0 Å². The lowest BCUT2D eigenvalue weighted by molar-refractivity contribution is 0.140. The van der Waals surface area contributed by atoms with Crippen molar-refractivity contribution in [2.75, 3.05) is 66.0 Å². The minimum Gasteiger partial charge on any atom is -0.357 e. The maximum absolute atomic E-state index is 5.00. The monoisotopic (exact) mass is 525 g/mol. The van der Waals surface area contributed by atoms with Crippen LogP contribution in [0.2, 0.25) is 0 Å². The van der Waals surface area contributed by atoms with Gasteiger partial charge in [-0.15, -0.1) is 24.0 Å². The summed E-state index contributed by atoms with van der Waals surface area (Å²) in [5, 5.41) is 3.52. The summed E-state index contributed by atoms with van der Waals surface area (Å²) in [5.41, 5.74) is 2.86. The van der Waals surface area contributed by atoms with E-state index in [4.69, 9.17) is 4.99 Å². The van der Waals surface area contributed by atoms with Gasteiger partial charge in [-0.05, 0) is 38.3 Å². The predicted octanol–water partition coefficient (Wildman–Crippen LogP) is 3.63. The Balaban J connectivity index is 0.00000320. The van der Waals surface area contributed by atoms with Gasteiger partial charge in [0, 0.05) is 58.9 Å². The number of piperidine rings is 1. The fourth-order valence-corrected chi connectivity index (χ4v) is 4.13. The van der Waals surface area contributed by atoms with Crippen LogP contribution in [0.15, 0.2) is 40.9 Å². The van der Waals surface area contributed by atoms with Crippen molar-refractivity contribution >= 4 is 36.0 Å². The predicted molar refractivity (Wildman–Crippen MR) is 140 cm³/mol. The molecule has 0 amide bonds. The number of aliphatic imine (C=N–C) groups is 1. The highest BCUT2D eigenvalue weighted by atomic mass is 127. The van der Waals surface area contributed by atoms with E-state index in [1.54, 1.807) is 5.57 Å². The van der Waals surface area contributed by atoms with Crippen molar-refractivity contribution < 1.29 is 0 Å². The third-order valence-corrected chi connectivity index (χ3v) is 5.93. The van der Waals surface area contributed by atoms with Gasteiger partial charge in [-0.25, -0.2) is 0 Å². The Morgan fingerprint density at radius 3 is 2.37 bits per heavy atom. The molecule has 0 spiro atoms. The minimum absolute atomic E-state index is 0. The molecule has 1 aromatic rings. The molecular formula is C24H40IN5. The second kappa shape index (κ2) is 13.3. The van der Waals surface area contributed by atoms with Crippen LogP contribution in [0, 0.1) is 5.92 Å². The lowest BCUT2D eigenvalue weighted by atomic mass is 10.0. The Morgan fingerprint density at radius 2 is 1.73 bits per heavy atom. The van der Waals surface area contributed by atoms with E-state index >= 15 is 0 Å². The number of hydrogen-bond donors (Lipinski definition) is 1. The Bertz CT molecular complexity index is 657. The molecule has 0 aromatic heterocycles. The summed E-state index contributed by atoms with van der Waals surface area (Å²) in [7, 11) is 2.22. The van der Waals surface area contributed by atoms with Gasteiger partial charge < -0.3 is 20.0 Å². The molecule has 1 unspecified atom stereocenters. The average molecular weight is 526 g/mol. The maximum atomic E-state index is 5.00. The second-order valence-electron chi connectivity index (χ2n) is 8.60. The molecule has 2 fully saturated rings. The standard InChI is InChI=1S/C24H39N5.HI/c1-4-25-24(26-19-21(2)20-28-16-14-27(3)15-17-28)29-12-10-23(11-13-29)18-22-8-6-5-7-9-22;/h5-9,18,21H,4,10-17,19-20H2,1-3H3,(H,25,26);1H. The summed E-state index contributed by atoms with van der Waals surface area (Å²) in [5.74, 6) is 1.68. The smallest absolute Gasteiger partial charge is 0.193 e. The normalized spacial score (nSPS) is 19.9. The number of nitrogens with one attached hydrogen (secondary N) is 1. The molecule has 2 aliphatic heterocycles. The zero-order valence-corrected chi connectivity index (χ0v) is 21.3. The molecule has 5 nitrogen and oxygen atoms in total. The fourth-order valence-electron chi connectivity index (χ4n) is 4.13. The Labute approximate surface area is 200 Å². The first-order chi connectivity index (χ1) is 14.1. The third kappa shape index (κ3) is 8.19. The van der Waals surface area contributed by atoms with Gasteiger partial charge in [-0.2, -0.15) is 0 Å². The SMILES string of the molecule is CCNC(=NCC(C)CN1CCN(C)CC1)N1CCC(=Cc2ccccc2)CC1.I. The van der Waals surface area contributed by atoms with E-state index in [2.05, 4.69) is 77.3 Å². The molecule has 30 heavy (non-hydrogen) atoms. The van der Waals surface area contributed by atoms with Crippen LogP contribution in [0.1, 0.15) is 32.3 Å². The van der Waals surface area contributed by atoms with Gasteiger partial charge in [0.2, 0.25) is 0 Å². The van der Waals surface area contributed by atoms with Gasteiger partial charge in [0.05, 0.1) is 0 Å². The molecule has 2 saturated heterocycles. The molecule has 2 heterocycles. The Kier molecular flexibility index (Phi) is 11.2. The molecular weight excluding hydrogens is 485 g/mol. The lowest BCUT2D eigenvalue weighted by Gasteiger charge is -2.34. The van der Waals surface area contributed by atoms with Crippen molar-refractivity contribution in [2.24, 2.45) is 10.9 Å². The van der Waals surface area contributed by atoms with Gasteiger partial charge in [0.25, 0.3) is 0 Å². The summed E-state index contributed by atoms with van der Waals surface area (Å²) in [6.07, 6.45) is 4.60. The number of nitrogens with zero attached hydrogens (tertiary/aromatic N) is 4. The highest BCUT2D eigenvalue weighted by Gasteiger charge is 2.19. The van der Waals surface area contributed by atoms with Crippen LogP contribution in [0.25, 0.3) is 6.08 Å². The number of hydrogen-bond acceptors (Lipinski definition) is 3. The number of benzene rings is 1. The molecule has 6 heteroatoms. The summed E-state index contributed by atoms with van der Waals surface area (Å²) in [4.78, 5) is 12.4. The molecule has 0 radical (unpaired) electrons. The van der Waals surface area contributed by atoms with Gasteiger partial charge in [-0.3, -0.25) is 4.99 Å². The first-order valence-corrected chi connectivity index (χ1v) is 11.3. The summed E-state index contributed by atoms with van der Waals surface area (Å²) < 4.78 is 0. The van der Waals surface area contributed by atoms with Gasteiger partial charge >= 0.3 is 0 Å². The molecule has 0 saturated carbocycles. The van der Waals surface area contributed by atoms with Gasteiger partial charge in [0.1, 0.15) is 0 Å². The topological polar surface area (TPSA) is 34.1 Å². The molecule has 3 rings (SSSR count). The maximum Gasteiger partial charge on any atom is 0.193 e. The fraction of sp³-hybridized carbons (Fsp3) is 0.625. The average Bonchev–Trinajstić information content (AvgIpc) is 2.74. The number of likely N-dealkylation sites (tertiary alicyclic amines) is 1. The van der Waals surface area contributed by atoms with Crippen LogP contribution >= 0.6 is 24.0 Å². The van der Waals surface area contributed by atoms with E-state index < -0.39 is 0 Å². The van der Waals surface area contributed by atoms with Crippen LogP contribution < -0.4 is 5.32 Å². The number of halogens is 1. The lowest BCUT2D eigenvalue weighted by Crippen LogP contribution is -2.46. The van der Waals surface area contributed by atoms with Crippen LogP contribution in [0.5, 0.6) is 0 Å². The van der Waals surface area contributed by atoms with Crippen molar-refractivity contribution in [3.8, 4) is 0 Å². The summed E-state index contributed by atoms with van der Waals surface area (Å²) in [6.45, 7) is 14.3. The zero-order valence-electron chi connectivity index (χ0n) is 19.0. The molecule has 2 aliphatic rings. The molecule has 0 aliphatic carbocycles. The van der Waals surface area contributed by atoms with Crippen molar-refractivity contribution in [3.63, 3.8) is 0 Å². The van der Waals surface area contributed by atoms with Crippen LogP contribution in [0.3, 0.4) is 0 Å². The van der Waals surface area contributed by atoms with Crippen molar-refractivity contribution in [1.29, 1.82) is 0 Å².